The van der Waals surface area contributed by atoms with Gasteiger partial charge in [0.15, 0.2) is 5.03 Å². The summed E-state index contributed by atoms with van der Waals surface area (Å²) in [6.45, 7) is 6.82. The third-order valence-corrected chi connectivity index (χ3v) is 4.40. The van der Waals surface area contributed by atoms with Gasteiger partial charge in [0.25, 0.3) is 10.0 Å². The lowest BCUT2D eigenvalue weighted by atomic mass is 10.2. The molecular formula is C11H20ClN3O2S. The molecule has 0 radical (unpaired) electrons. The SMILES string of the molecule is CCCn1cc(S(=O)(=O)NCC(C)CCl)nc1C. The van der Waals surface area contributed by atoms with Crippen LogP contribution in [-0.2, 0) is 16.6 Å². The zero-order valence-electron chi connectivity index (χ0n) is 11.0. The molecule has 104 valence electrons. The molecule has 0 aromatic carbocycles. The Bertz CT molecular complexity index is 484. The standard InChI is InChI=1S/C11H20ClN3O2S/c1-4-5-15-8-11(14-10(15)3)18(16,17)13-7-9(2)6-12/h8-9,13H,4-7H2,1-3H3. The minimum Gasteiger partial charge on any atom is -0.334 e. The topological polar surface area (TPSA) is 64.0 Å². The molecule has 1 atom stereocenters. The second-order valence-electron chi connectivity index (χ2n) is 4.43. The number of nitrogens with one attached hydrogen (secondary N) is 1. The molecule has 5 nitrogen and oxygen atoms in total. The van der Waals surface area contributed by atoms with E-state index >= 15 is 0 Å². The zero-order chi connectivity index (χ0) is 13.8. The van der Waals surface area contributed by atoms with Crippen LogP contribution in [0.5, 0.6) is 0 Å². The highest BCUT2D eigenvalue weighted by molar-refractivity contribution is 7.89. The minimum atomic E-state index is -3.53. The minimum absolute atomic E-state index is 0.0789. The van der Waals surface area contributed by atoms with Gasteiger partial charge in [-0.3, -0.25) is 0 Å². The van der Waals surface area contributed by atoms with Gasteiger partial charge < -0.3 is 4.57 Å². The van der Waals surface area contributed by atoms with Gasteiger partial charge in [-0.2, -0.15) is 0 Å². The van der Waals surface area contributed by atoms with Gasteiger partial charge in [0.05, 0.1) is 0 Å². The van der Waals surface area contributed by atoms with Gasteiger partial charge in [0.2, 0.25) is 0 Å². The highest BCUT2D eigenvalue weighted by Gasteiger charge is 2.19. The number of aromatic nitrogens is 2. The Kier molecular flexibility index (Phi) is 5.62. The van der Waals surface area contributed by atoms with E-state index in [1.807, 2.05) is 18.4 Å². The molecule has 18 heavy (non-hydrogen) atoms. The first kappa shape index (κ1) is 15.5. The molecule has 1 rings (SSSR count). The van der Waals surface area contributed by atoms with Crippen molar-refractivity contribution in [3.8, 4) is 0 Å². The second-order valence-corrected chi connectivity index (χ2v) is 6.45. The van der Waals surface area contributed by atoms with E-state index in [-0.39, 0.29) is 10.9 Å². The number of nitrogens with zero attached hydrogens (tertiary/aromatic N) is 2. The molecule has 1 aromatic heterocycles. The maximum absolute atomic E-state index is 12.0. The first-order valence-corrected chi connectivity index (χ1v) is 8.01. The van der Waals surface area contributed by atoms with Crippen molar-refractivity contribution in [1.82, 2.24) is 14.3 Å². The predicted octanol–water partition coefficient (Wildman–Crippen LogP) is 1.75. The van der Waals surface area contributed by atoms with Crippen molar-refractivity contribution in [1.29, 1.82) is 0 Å². The highest BCUT2D eigenvalue weighted by Crippen LogP contribution is 2.10. The molecule has 0 amide bonds. The van der Waals surface area contributed by atoms with Crippen LogP contribution < -0.4 is 4.72 Å². The number of imidazole rings is 1. The summed E-state index contributed by atoms with van der Waals surface area (Å²) in [5, 5.41) is 0.0789. The normalized spacial score (nSPS) is 13.8. The Morgan fingerprint density at radius 3 is 2.78 bits per heavy atom. The monoisotopic (exact) mass is 293 g/mol. The van der Waals surface area contributed by atoms with Crippen molar-refractivity contribution in [3.05, 3.63) is 12.0 Å². The molecule has 0 bridgehead atoms. The molecule has 7 heteroatoms. The smallest absolute Gasteiger partial charge is 0.259 e. The number of halogens is 1. The molecule has 1 heterocycles. The van der Waals surface area contributed by atoms with Crippen LogP contribution in [0, 0.1) is 12.8 Å². The third kappa shape index (κ3) is 3.96. The van der Waals surface area contributed by atoms with Crippen LogP contribution in [0.2, 0.25) is 0 Å². The Hall–Kier alpha value is -0.590. The molecule has 0 aliphatic heterocycles. The largest absolute Gasteiger partial charge is 0.334 e. The summed E-state index contributed by atoms with van der Waals surface area (Å²) in [5.41, 5.74) is 0. The first-order valence-electron chi connectivity index (χ1n) is 6.00. The lowest BCUT2D eigenvalue weighted by molar-refractivity contribution is 0.558. The molecule has 1 aromatic rings. The Morgan fingerprint density at radius 2 is 2.22 bits per heavy atom. The van der Waals surface area contributed by atoms with Gasteiger partial charge in [-0.25, -0.2) is 18.1 Å². The van der Waals surface area contributed by atoms with E-state index in [0.717, 1.165) is 13.0 Å². The van der Waals surface area contributed by atoms with Crippen molar-refractivity contribution >= 4 is 21.6 Å². The van der Waals surface area contributed by atoms with Crippen molar-refractivity contribution in [3.63, 3.8) is 0 Å². The summed E-state index contributed by atoms with van der Waals surface area (Å²) in [6.07, 6.45) is 2.51. The van der Waals surface area contributed by atoms with Crippen LogP contribution in [0.1, 0.15) is 26.1 Å². The number of rotatable bonds is 7. The Labute approximate surface area is 114 Å². The van der Waals surface area contributed by atoms with E-state index < -0.39 is 10.0 Å². The van der Waals surface area contributed by atoms with E-state index in [1.165, 1.54) is 0 Å². The van der Waals surface area contributed by atoms with E-state index in [1.54, 1.807) is 13.1 Å². The summed E-state index contributed by atoms with van der Waals surface area (Å²) < 4.78 is 28.4. The summed E-state index contributed by atoms with van der Waals surface area (Å²) in [4.78, 5) is 4.08. The Morgan fingerprint density at radius 1 is 1.56 bits per heavy atom. The van der Waals surface area contributed by atoms with Gasteiger partial charge >= 0.3 is 0 Å². The third-order valence-electron chi connectivity index (χ3n) is 2.58. The van der Waals surface area contributed by atoms with Crippen molar-refractivity contribution in [2.24, 2.45) is 5.92 Å². The van der Waals surface area contributed by atoms with Gasteiger partial charge in [-0.15, -0.1) is 11.6 Å². The number of hydrogen-bond donors (Lipinski definition) is 1. The van der Waals surface area contributed by atoms with E-state index in [0.29, 0.717) is 18.2 Å². The van der Waals surface area contributed by atoms with Crippen molar-refractivity contribution < 1.29 is 8.42 Å². The van der Waals surface area contributed by atoms with Gasteiger partial charge in [-0.05, 0) is 19.3 Å². The van der Waals surface area contributed by atoms with Crippen molar-refractivity contribution in [2.75, 3.05) is 12.4 Å². The average Bonchev–Trinajstić information content (AvgIpc) is 2.69. The maximum Gasteiger partial charge on any atom is 0.259 e. The van der Waals surface area contributed by atoms with Gasteiger partial charge in [0, 0.05) is 25.2 Å². The fourth-order valence-corrected chi connectivity index (χ4v) is 2.74. The average molecular weight is 294 g/mol. The van der Waals surface area contributed by atoms with Crippen LogP contribution in [0.15, 0.2) is 11.2 Å². The maximum atomic E-state index is 12.0. The molecule has 0 saturated carbocycles. The first-order chi connectivity index (χ1) is 8.40. The van der Waals surface area contributed by atoms with Crippen molar-refractivity contribution in [2.45, 2.75) is 38.8 Å². The quantitative estimate of drug-likeness (QED) is 0.779. The van der Waals surface area contributed by atoms with Crippen LogP contribution in [0.25, 0.3) is 0 Å². The fourth-order valence-electron chi connectivity index (χ4n) is 1.46. The number of aryl methyl sites for hydroxylation is 2. The highest BCUT2D eigenvalue weighted by atomic mass is 35.5. The summed E-state index contributed by atoms with van der Waals surface area (Å²) in [6, 6.07) is 0. The lowest BCUT2D eigenvalue weighted by Crippen LogP contribution is -2.29. The zero-order valence-corrected chi connectivity index (χ0v) is 12.6. The number of alkyl halides is 1. The molecule has 0 fully saturated rings. The molecule has 0 spiro atoms. The second kappa shape index (κ2) is 6.54. The summed E-state index contributed by atoms with van der Waals surface area (Å²) >= 11 is 5.64. The van der Waals surface area contributed by atoms with Gasteiger partial charge in [0.1, 0.15) is 5.82 Å². The van der Waals surface area contributed by atoms with E-state index in [2.05, 4.69) is 9.71 Å². The molecule has 0 aliphatic carbocycles. The van der Waals surface area contributed by atoms with Gasteiger partial charge in [-0.1, -0.05) is 13.8 Å². The molecule has 0 aliphatic rings. The molecule has 1 unspecified atom stereocenters. The van der Waals surface area contributed by atoms with Crippen LogP contribution >= 0.6 is 11.6 Å². The van der Waals surface area contributed by atoms with E-state index in [4.69, 9.17) is 11.6 Å². The lowest BCUT2D eigenvalue weighted by Gasteiger charge is -2.08. The predicted molar refractivity (Wildman–Crippen MR) is 72.3 cm³/mol. The van der Waals surface area contributed by atoms with Crippen LogP contribution in [0.3, 0.4) is 0 Å². The molecule has 0 saturated heterocycles. The summed E-state index contributed by atoms with van der Waals surface area (Å²) in [5.74, 6) is 1.23. The Balaban J connectivity index is 2.82. The number of hydrogen-bond acceptors (Lipinski definition) is 3. The van der Waals surface area contributed by atoms with E-state index in [9.17, 15) is 8.42 Å². The van der Waals surface area contributed by atoms with Crippen LogP contribution in [0.4, 0.5) is 0 Å². The fraction of sp³-hybridized carbons (Fsp3) is 0.727. The number of sulfonamides is 1. The molecule has 1 N–H and O–H groups in total. The molecular weight excluding hydrogens is 274 g/mol. The van der Waals surface area contributed by atoms with Crippen LogP contribution in [-0.4, -0.2) is 30.4 Å². The summed E-state index contributed by atoms with van der Waals surface area (Å²) in [7, 11) is -3.53.